The lowest BCUT2D eigenvalue weighted by molar-refractivity contribution is 0.0332. The fraction of sp³-hybridized carbons (Fsp3) is 0.737. The molecule has 0 radical (unpaired) electrons. The molecule has 138 valence electrons. The molecule has 0 saturated carbocycles. The summed E-state index contributed by atoms with van der Waals surface area (Å²) in [6, 6.07) is 0. The van der Waals surface area contributed by atoms with Crippen LogP contribution in [0.15, 0.2) is 6.20 Å². The molecule has 0 bridgehead atoms. The third-order valence-corrected chi connectivity index (χ3v) is 5.41. The first-order valence-electron chi connectivity index (χ1n) is 9.59. The number of hydrogen-bond acceptors (Lipinski definition) is 5. The van der Waals surface area contributed by atoms with Crippen molar-refractivity contribution in [3.05, 3.63) is 23.3 Å². The summed E-state index contributed by atoms with van der Waals surface area (Å²) in [5.74, 6) is 1.56. The highest BCUT2D eigenvalue weighted by atomic mass is 16.5. The van der Waals surface area contributed by atoms with Gasteiger partial charge in [-0.25, -0.2) is 9.97 Å². The molecule has 1 aromatic heterocycles. The summed E-state index contributed by atoms with van der Waals surface area (Å²) < 4.78 is 5.40. The second kappa shape index (κ2) is 8.72. The normalized spacial score (nSPS) is 20.0. The number of rotatable bonds is 5. The summed E-state index contributed by atoms with van der Waals surface area (Å²) in [5, 5.41) is 0. The molecule has 2 fully saturated rings. The van der Waals surface area contributed by atoms with Crippen LogP contribution in [0.25, 0.3) is 0 Å². The molecule has 1 amide bonds. The Morgan fingerprint density at radius 1 is 1.24 bits per heavy atom. The van der Waals surface area contributed by atoms with Crippen molar-refractivity contribution in [1.82, 2.24) is 19.8 Å². The van der Waals surface area contributed by atoms with Crippen LogP contribution in [0.2, 0.25) is 0 Å². The van der Waals surface area contributed by atoms with Crippen molar-refractivity contribution in [2.45, 2.75) is 39.5 Å². The van der Waals surface area contributed by atoms with Gasteiger partial charge in [0, 0.05) is 32.4 Å². The fourth-order valence-electron chi connectivity index (χ4n) is 3.75. The molecule has 3 rings (SSSR count). The van der Waals surface area contributed by atoms with E-state index in [9.17, 15) is 4.79 Å². The molecule has 0 aliphatic carbocycles. The van der Waals surface area contributed by atoms with Crippen molar-refractivity contribution in [3.63, 3.8) is 0 Å². The van der Waals surface area contributed by atoms with Gasteiger partial charge in [-0.1, -0.05) is 6.92 Å². The monoisotopic (exact) mass is 346 g/mol. The Morgan fingerprint density at radius 3 is 2.64 bits per heavy atom. The Balaban J connectivity index is 1.49. The van der Waals surface area contributed by atoms with Gasteiger partial charge < -0.3 is 9.64 Å². The van der Waals surface area contributed by atoms with E-state index < -0.39 is 0 Å². The molecular formula is C19H30N4O2. The van der Waals surface area contributed by atoms with Gasteiger partial charge in [0.25, 0.3) is 5.91 Å². The Bertz CT molecular complexity index is 579. The summed E-state index contributed by atoms with van der Waals surface area (Å²) in [4.78, 5) is 26.0. The first kappa shape index (κ1) is 18.3. The van der Waals surface area contributed by atoms with Crippen LogP contribution in [0.1, 0.15) is 48.1 Å². The molecule has 6 heteroatoms. The molecule has 2 aliphatic rings. The highest BCUT2D eigenvalue weighted by molar-refractivity contribution is 5.95. The molecule has 25 heavy (non-hydrogen) atoms. The summed E-state index contributed by atoms with van der Waals surface area (Å²) in [7, 11) is 0. The van der Waals surface area contributed by atoms with Crippen molar-refractivity contribution in [2.24, 2.45) is 5.92 Å². The van der Waals surface area contributed by atoms with E-state index in [2.05, 4.69) is 14.9 Å². The summed E-state index contributed by atoms with van der Waals surface area (Å²) >= 11 is 0. The summed E-state index contributed by atoms with van der Waals surface area (Å²) in [6.07, 6.45) is 5.90. The lowest BCUT2D eigenvalue weighted by Gasteiger charge is -2.34. The standard InChI is InChI=1S/C19H30N4O2/c1-3-18-17(14-20-15(2)21-18)19(24)23-8-5-16(6-9-23)4-7-22-10-12-25-13-11-22/h14,16H,3-13H2,1-2H3. The predicted molar refractivity (Wildman–Crippen MR) is 96.7 cm³/mol. The lowest BCUT2D eigenvalue weighted by atomic mass is 9.93. The zero-order chi connectivity index (χ0) is 17.6. The first-order valence-corrected chi connectivity index (χ1v) is 9.59. The lowest BCUT2D eigenvalue weighted by Crippen LogP contribution is -2.41. The Kier molecular flexibility index (Phi) is 6.37. The van der Waals surface area contributed by atoms with Crippen molar-refractivity contribution in [2.75, 3.05) is 45.9 Å². The number of aryl methyl sites for hydroxylation is 2. The van der Waals surface area contributed by atoms with Crippen LogP contribution in [0, 0.1) is 12.8 Å². The largest absolute Gasteiger partial charge is 0.379 e. The van der Waals surface area contributed by atoms with Crippen LogP contribution in [0.4, 0.5) is 0 Å². The van der Waals surface area contributed by atoms with Gasteiger partial charge in [-0.2, -0.15) is 0 Å². The quantitative estimate of drug-likeness (QED) is 0.815. The van der Waals surface area contributed by atoms with Crippen molar-refractivity contribution in [1.29, 1.82) is 0 Å². The van der Waals surface area contributed by atoms with Crippen LogP contribution < -0.4 is 0 Å². The molecule has 1 aromatic rings. The van der Waals surface area contributed by atoms with Gasteiger partial charge in [-0.05, 0) is 45.1 Å². The minimum atomic E-state index is 0.100. The molecule has 3 heterocycles. The highest BCUT2D eigenvalue weighted by Crippen LogP contribution is 2.23. The number of aromatic nitrogens is 2. The van der Waals surface area contributed by atoms with E-state index in [1.54, 1.807) is 6.20 Å². The number of ether oxygens (including phenoxy) is 1. The molecule has 0 spiro atoms. The maximum Gasteiger partial charge on any atom is 0.257 e. The van der Waals surface area contributed by atoms with Crippen LogP contribution in [-0.2, 0) is 11.2 Å². The van der Waals surface area contributed by atoms with Gasteiger partial charge in [-0.3, -0.25) is 9.69 Å². The summed E-state index contributed by atoms with van der Waals surface area (Å²) in [6.45, 7) is 10.6. The molecule has 0 N–H and O–H groups in total. The van der Waals surface area contributed by atoms with E-state index in [1.165, 1.54) is 6.42 Å². The van der Waals surface area contributed by atoms with Gasteiger partial charge in [0.2, 0.25) is 0 Å². The third kappa shape index (κ3) is 4.76. The minimum Gasteiger partial charge on any atom is -0.379 e. The van der Waals surface area contributed by atoms with E-state index in [-0.39, 0.29) is 5.91 Å². The van der Waals surface area contributed by atoms with Crippen LogP contribution in [0.5, 0.6) is 0 Å². The molecule has 0 unspecified atom stereocenters. The third-order valence-electron chi connectivity index (χ3n) is 5.41. The number of carbonyl (C=O) groups excluding carboxylic acids is 1. The van der Waals surface area contributed by atoms with Gasteiger partial charge in [0.05, 0.1) is 24.5 Å². The average molecular weight is 346 g/mol. The fourth-order valence-corrected chi connectivity index (χ4v) is 3.75. The van der Waals surface area contributed by atoms with Gasteiger partial charge in [0.1, 0.15) is 5.82 Å². The van der Waals surface area contributed by atoms with Crippen molar-refractivity contribution in [3.8, 4) is 0 Å². The van der Waals surface area contributed by atoms with Gasteiger partial charge in [0.15, 0.2) is 0 Å². The number of carbonyl (C=O) groups is 1. The number of nitrogens with zero attached hydrogens (tertiary/aromatic N) is 4. The average Bonchev–Trinajstić information content (AvgIpc) is 2.67. The van der Waals surface area contributed by atoms with Crippen LogP contribution in [-0.4, -0.2) is 71.6 Å². The number of likely N-dealkylation sites (tertiary alicyclic amines) is 1. The molecular weight excluding hydrogens is 316 g/mol. The highest BCUT2D eigenvalue weighted by Gasteiger charge is 2.26. The van der Waals surface area contributed by atoms with Crippen LogP contribution in [0.3, 0.4) is 0 Å². The van der Waals surface area contributed by atoms with Gasteiger partial charge in [-0.15, -0.1) is 0 Å². The maximum atomic E-state index is 12.8. The molecule has 2 saturated heterocycles. The van der Waals surface area contributed by atoms with Crippen molar-refractivity contribution >= 4 is 5.91 Å². The Labute approximate surface area is 150 Å². The number of amides is 1. The molecule has 2 aliphatic heterocycles. The smallest absolute Gasteiger partial charge is 0.257 e. The van der Waals surface area contributed by atoms with Crippen molar-refractivity contribution < 1.29 is 9.53 Å². The molecule has 6 nitrogen and oxygen atoms in total. The van der Waals surface area contributed by atoms with E-state index in [1.807, 2.05) is 18.7 Å². The zero-order valence-corrected chi connectivity index (χ0v) is 15.5. The summed E-state index contributed by atoms with van der Waals surface area (Å²) in [5.41, 5.74) is 1.55. The number of piperidine rings is 1. The molecule has 0 aromatic carbocycles. The minimum absolute atomic E-state index is 0.100. The number of hydrogen-bond donors (Lipinski definition) is 0. The van der Waals surface area contributed by atoms with E-state index in [4.69, 9.17) is 4.74 Å². The first-order chi connectivity index (χ1) is 12.2. The second-order valence-corrected chi connectivity index (χ2v) is 7.11. The Morgan fingerprint density at radius 2 is 1.96 bits per heavy atom. The topological polar surface area (TPSA) is 58.6 Å². The maximum absolute atomic E-state index is 12.8. The number of morpholine rings is 1. The van der Waals surface area contributed by atoms with E-state index >= 15 is 0 Å². The SMILES string of the molecule is CCc1nc(C)ncc1C(=O)N1CCC(CCN2CCOCC2)CC1. The van der Waals surface area contributed by atoms with E-state index in [0.717, 1.165) is 82.6 Å². The zero-order valence-electron chi connectivity index (χ0n) is 15.5. The predicted octanol–water partition coefficient (Wildman–Crippen LogP) is 1.92. The van der Waals surface area contributed by atoms with Gasteiger partial charge >= 0.3 is 0 Å². The van der Waals surface area contributed by atoms with Crippen LogP contribution >= 0.6 is 0 Å². The second-order valence-electron chi connectivity index (χ2n) is 7.11. The molecule has 0 atom stereocenters. The van der Waals surface area contributed by atoms with E-state index in [0.29, 0.717) is 5.56 Å². The Hall–Kier alpha value is -1.53.